The lowest BCUT2D eigenvalue weighted by Crippen LogP contribution is -2.44. The highest BCUT2D eigenvalue weighted by Gasteiger charge is 2.45. The van der Waals surface area contributed by atoms with Gasteiger partial charge < -0.3 is 14.4 Å². The smallest absolute Gasteiger partial charge is 0.416 e. The van der Waals surface area contributed by atoms with E-state index in [4.69, 9.17) is 21.1 Å². The Hall–Kier alpha value is -4.04. The van der Waals surface area contributed by atoms with Gasteiger partial charge in [-0.2, -0.15) is 23.3 Å². The number of nitrogens with zero attached hydrogens (tertiary/aromatic N) is 4. The number of thioether (sulfide) groups is 1. The van der Waals surface area contributed by atoms with E-state index in [1.54, 1.807) is 57.1 Å². The van der Waals surface area contributed by atoms with Gasteiger partial charge in [0.2, 0.25) is 0 Å². The van der Waals surface area contributed by atoms with Crippen LogP contribution in [-0.2, 0) is 31.7 Å². The predicted molar refractivity (Wildman–Crippen MR) is 168 cm³/mol. The number of fused-ring (bicyclic) bond motifs is 1. The second kappa shape index (κ2) is 12.6. The number of hydrogen-bond donors (Lipinski definition) is 1. The lowest BCUT2D eigenvalue weighted by Gasteiger charge is -2.28. The summed E-state index contributed by atoms with van der Waals surface area (Å²) in [5, 5.41) is 7.78. The number of alkyl halides is 3. The fraction of sp³-hybridized carbons (Fsp3) is 0.387. The Morgan fingerprint density at radius 1 is 1.17 bits per heavy atom. The quantitative estimate of drug-likeness (QED) is 0.247. The second-order valence-corrected chi connectivity index (χ2v) is 13.3. The van der Waals surface area contributed by atoms with Crippen molar-refractivity contribution in [1.29, 1.82) is 0 Å². The predicted octanol–water partition coefficient (Wildman–Crippen LogP) is 6.30. The lowest BCUT2D eigenvalue weighted by molar-refractivity contribution is -0.145. The minimum absolute atomic E-state index is 0.0633. The van der Waals surface area contributed by atoms with Crippen LogP contribution in [-0.4, -0.2) is 81.5 Å². The van der Waals surface area contributed by atoms with E-state index in [1.807, 2.05) is 0 Å². The first-order valence-electron chi connectivity index (χ1n) is 14.2. The number of halogens is 4. The van der Waals surface area contributed by atoms with Crippen molar-refractivity contribution in [3.63, 3.8) is 0 Å². The molecule has 244 valence electrons. The summed E-state index contributed by atoms with van der Waals surface area (Å²) in [6, 6.07) is 7.36. The number of aromatic amines is 1. The monoisotopic (exact) mass is 677 g/mol. The highest BCUT2D eigenvalue weighted by atomic mass is 35.5. The Kier molecular flexibility index (Phi) is 9.15. The number of amides is 2. The molecule has 0 spiro atoms. The summed E-state index contributed by atoms with van der Waals surface area (Å²) in [6.07, 6.45) is -3.85. The molecule has 2 amide bonds. The van der Waals surface area contributed by atoms with Gasteiger partial charge >= 0.3 is 18.2 Å². The first-order valence-corrected chi connectivity index (χ1v) is 15.4. The van der Waals surface area contributed by atoms with Crippen molar-refractivity contribution in [2.45, 2.75) is 57.5 Å². The average Bonchev–Trinajstić information content (AvgIpc) is 3.72. The molecule has 1 N–H and O–H groups in total. The first-order chi connectivity index (χ1) is 21.6. The van der Waals surface area contributed by atoms with Crippen molar-refractivity contribution in [3.05, 3.63) is 69.2 Å². The number of carbonyl (C=O) groups excluding carboxylic acids is 3. The van der Waals surface area contributed by atoms with Crippen molar-refractivity contribution in [3.8, 4) is 0 Å². The highest BCUT2D eigenvalue weighted by Crippen LogP contribution is 2.41. The average molecular weight is 678 g/mol. The summed E-state index contributed by atoms with van der Waals surface area (Å²) < 4.78 is 52.7. The molecule has 3 heterocycles. The number of esters is 1. The third kappa shape index (κ3) is 7.02. The number of allylic oxidation sites excluding steroid dienone is 1. The molecule has 0 aliphatic carbocycles. The molecule has 0 saturated carbocycles. The van der Waals surface area contributed by atoms with Gasteiger partial charge in [-0.15, -0.1) is 0 Å². The molecular formula is C31H31ClF3N5O5S. The number of rotatable bonds is 5. The number of benzene rings is 2. The Labute approximate surface area is 271 Å². The molecule has 5 rings (SSSR count). The number of ether oxygens (including phenoxy) is 2. The maximum absolute atomic E-state index is 14.1. The number of methoxy groups -OCH3 is 1. The Bertz CT molecular complexity index is 1770. The minimum Gasteiger partial charge on any atom is -0.467 e. The molecule has 1 aromatic heterocycles. The van der Waals surface area contributed by atoms with Crippen LogP contribution >= 0.6 is 23.4 Å². The number of hydrogen-bond acceptors (Lipinski definition) is 8. The zero-order valence-corrected chi connectivity index (χ0v) is 27.1. The van der Waals surface area contributed by atoms with Crippen LogP contribution < -0.4 is 0 Å². The van der Waals surface area contributed by atoms with Gasteiger partial charge in [0, 0.05) is 30.4 Å². The standard InChI is InChI=1S/C31H31ClF3N5O5S/c1-30(2,3)45-29(43)40-15-20(13-24(40)27(42)44-5)39(4)28-37-26(41)25(46-28)21(16-7-9-23-18(10-16)14-36-38-23)11-17-6-8-19(32)12-22(17)31(33,34)35/h6-10,12,14,20,24H,11,13,15H2,1-5H3,(H,36,38). The largest absolute Gasteiger partial charge is 0.467 e. The van der Waals surface area contributed by atoms with E-state index >= 15 is 0 Å². The van der Waals surface area contributed by atoms with Crippen molar-refractivity contribution < 1.29 is 37.0 Å². The Balaban J connectivity index is 1.49. The molecule has 2 aromatic carbocycles. The second-order valence-electron chi connectivity index (χ2n) is 11.9. The summed E-state index contributed by atoms with van der Waals surface area (Å²) in [7, 11) is 2.91. The van der Waals surface area contributed by atoms with Gasteiger partial charge in [0.1, 0.15) is 11.6 Å². The third-order valence-electron chi connectivity index (χ3n) is 7.62. The van der Waals surface area contributed by atoms with E-state index in [-0.39, 0.29) is 40.0 Å². The molecule has 46 heavy (non-hydrogen) atoms. The molecule has 0 radical (unpaired) electrons. The van der Waals surface area contributed by atoms with E-state index < -0.39 is 47.4 Å². The third-order valence-corrected chi connectivity index (χ3v) is 9.04. The summed E-state index contributed by atoms with van der Waals surface area (Å²) in [5.41, 5.74) is -0.189. The molecule has 2 unspecified atom stereocenters. The van der Waals surface area contributed by atoms with E-state index in [0.717, 1.165) is 17.8 Å². The molecule has 10 nitrogen and oxygen atoms in total. The van der Waals surface area contributed by atoms with Gasteiger partial charge in [0.25, 0.3) is 5.91 Å². The van der Waals surface area contributed by atoms with Gasteiger partial charge in [0.05, 0.1) is 35.3 Å². The normalized spacial score (nSPS) is 19.8. The van der Waals surface area contributed by atoms with E-state index in [0.29, 0.717) is 22.0 Å². The molecule has 2 atom stereocenters. The van der Waals surface area contributed by atoms with Crippen LogP contribution in [0.5, 0.6) is 0 Å². The van der Waals surface area contributed by atoms with Crippen molar-refractivity contribution in [1.82, 2.24) is 20.0 Å². The number of nitrogens with one attached hydrogen (secondary N) is 1. The van der Waals surface area contributed by atoms with Gasteiger partial charge in [0.15, 0.2) is 5.17 Å². The van der Waals surface area contributed by atoms with Crippen LogP contribution in [0.4, 0.5) is 18.0 Å². The summed E-state index contributed by atoms with van der Waals surface area (Å²) >= 11 is 6.95. The van der Waals surface area contributed by atoms with Gasteiger partial charge in [-0.05, 0) is 79.9 Å². The van der Waals surface area contributed by atoms with Gasteiger partial charge in [-0.1, -0.05) is 23.7 Å². The van der Waals surface area contributed by atoms with Crippen molar-refractivity contribution >= 4 is 63.0 Å². The highest BCUT2D eigenvalue weighted by molar-refractivity contribution is 8.18. The van der Waals surface area contributed by atoms with Gasteiger partial charge in [-0.25, -0.2) is 9.59 Å². The molecule has 2 aliphatic heterocycles. The van der Waals surface area contributed by atoms with Crippen LogP contribution in [0.25, 0.3) is 16.5 Å². The molecule has 15 heteroatoms. The Morgan fingerprint density at radius 3 is 2.59 bits per heavy atom. The first kappa shape index (κ1) is 33.3. The number of H-pyrrole nitrogens is 1. The number of aromatic nitrogens is 2. The molecule has 3 aromatic rings. The maximum Gasteiger partial charge on any atom is 0.416 e. The number of aliphatic imine (C=N–C) groups is 1. The SMILES string of the molecule is COC(=O)C1CC(N(C)C2=NC(=O)C(=C(Cc3ccc(Cl)cc3C(F)(F)F)c3ccc4[nH]ncc4c3)S2)CN1C(=O)OC(C)(C)C. The summed E-state index contributed by atoms with van der Waals surface area (Å²) in [6.45, 7) is 5.22. The number of amidine groups is 1. The molecule has 1 saturated heterocycles. The Morgan fingerprint density at radius 2 is 1.91 bits per heavy atom. The zero-order chi connectivity index (χ0) is 33.6. The van der Waals surface area contributed by atoms with Crippen LogP contribution in [0.1, 0.15) is 43.9 Å². The molecular weight excluding hydrogens is 647 g/mol. The summed E-state index contributed by atoms with van der Waals surface area (Å²) in [5.74, 6) is -1.23. The molecule has 0 bridgehead atoms. The van der Waals surface area contributed by atoms with Gasteiger partial charge in [-0.3, -0.25) is 14.8 Å². The van der Waals surface area contributed by atoms with Crippen molar-refractivity contribution in [2.24, 2.45) is 4.99 Å². The topological polar surface area (TPSA) is 117 Å². The zero-order valence-electron chi connectivity index (χ0n) is 25.6. The van der Waals surface area contributed by atoms with Crippen LogP contribution in [0.15, 0.2) is 52.5 Å². The lowest BCUT2D eigenvalue weighted by atomic mass is 9.93. The fourth-order valence-corrected chi connectivity index (χ4v) is 6.59. The fourth-order valence-electron chi connectivity index (χ4n) is 5.37. The number of likely N-dealkylation sites (N-methyl/N-ethyl adjacent to an activating group) is 1. The number of carbonyl (C=O) groups is 3. The maximum atomic E-state index is 14.1. The van der Waals surface area contributed by atoms with E-state index in [9.17, 15) is 27.6 Å². The number of likely N-dealkylation sites (tertiary alicyclic amines) is 1. The van der Waals surface area contributed by atoms with Crippen LogP contribution in [0.2, 0.25) is 5.02 Å². The van der Waals surface area contributed by atoms with Crippen LogP contribution in [0, 0.1) is 0 Å². The molecule has 1 fully saturated rings. The van der Waals surface area contributed by atoms with Crippen LogP contribution in [0.3, 0.4) is 0 Å². The summed E-state index contributed by atoms with van der Waals surface area (Å²) in [4.78, 5) is 46.5. The van der Waals surface area contributed by atoms with E-state index in [1.165, 1.54) is 24.1 Å². The van der Waals surface area contributed by atoms with E-state index in [2.05, 4.69) is 15.2 Å². The van der Waals surface area contributed by atoms with Crippen molar-refractivity contribution in [2.75, 3.05) is 20.7 Å². The molecule has 2 aliphatic rings. The minimum atomic E-state index is -4.68.